The minimum absolute atomic E-state index is 0.0305. The van der Waals surface area contributed by atoms with Crippen molar-refractivity contribution >= 4 is 37.8 Å². The summed E-state index contributed by atoms with van der Waals surface area (Å²) < 4.78 is 32.8. The number of halogens is 1. The van der Waals surface area contributed by atoms with Crippen molar-refractivity contribution in [3.63, 3.8) is 0 Å². The second kappa shape index (κ2) is 6.85. The van der Waals surface area contributed by atoms with Gasteiger partial charge in [0.15, 0.2) is 0 Å². The number of aromatic carboxylic acids is 1. The summed E-state index contributed by atoms with van der Waals surface area (Å²) in [6, 6.07) is 4.13. The molecule has 0 aliphatic rings. The van der Waals surface area contributed by atoms with Crippen molar-refractivity contribution in [2.75, 3.05) is 25.0 Å². The molecule has 0 saturated carbocycles. The lowest BCUT2D eigenvalue weighted by Gasteiger charge is -2.10. The van der Waals surface area contributed by atoms with E-state index in [1.54, 1.807) is 0 Å². The number of anilines is 1. The summed E-state index contributed by atoms with van der Waals surface area (Å²) in [7, 11) is -2.30. The number of hydrogen-bond donors (Lipinski definition) is 3. The molecule has 0 aliphatic carbocycles. The SMILES string of the molecule is COCCNS(=O)(=O)Nc1ccc(Br)c(C(=O)O)c1. The van der Waals surface area contributed by atoms with E-state index in [9.17, 15) is 13.2 Å². The molecule has 3 N–H and O–H groups in total. The molecule has 0 aliphatic heterocycles. The molecule has 0 atom stereocenters. The Bertz CT molecular complexity index is 561. The quantitative estimate of drug-likeness (QED) is 0.636. The van der Waals surface area contributed by atoms with Gasteiger partial charge in [0.05, 0.1) is 17.9 Å². The summed E-state index contributed by atoms with van der Waals surface area (Å²) in [4.78, 5) is 10.9. The minimum Gasteiger partial charge on any atom is -0.478 e. The lowest BCUT2D eigenvalue weighted by atomic mass is 10.2. The first-order valence-electron chi connectivity index (χ1n) is 5.15. The number of carbonyl (C=O) groups is 1. The first kappa shape index (κ1) is 15.9. The van der Waals surface area contributed by atoms with Crippen molar-refractivity contribution in [1.29, 1.82) is 0 Å². The van der Waals surface area contributed by atoms with Crippen LogP contribution in [0.4, 0.5) is 5.69 Å². The van der Waals surface area contributed by atoms with Crippen LogP contribution in [0, 0.1) is 0 Å². The third-order valence-corrected chi connectivity index (χ3v) is 3.83. The summed E-state index contributed by atoms with van der Waals surface area (Å²) >= 11 is 3.07. The van der Waals surface area contributed by atoms with Crippen LogP contribution in [0.5, 0.6) is 0 Å². The number of methoxy groups -OCH3 is 1. The number of ether oxygens (including phenoxy) is 1. The van der Waals surface area contributed by atoms with Crippen LogP contribution in [0.15, 0.2) is 22.7 Å². The number of nitrogens with one attached hydrogen (secondary N) is 2. The molecule has 0 aromatic heterocycles. The molecule has 7 nitrogen and oxygen atoms in total. The molecule has 0 unspecified atom stereocenters. The van der Waals surface area contributed by atoms with Crippen LogP contribution in [0.1, 0.15) is 10.4 Å². The zero-order valence-electron chi connectivity index (χ0n) is 10.0. The minimum atomic E-state index is -3.75. The molecule has 0 radical (unpaired) electrons. The summed E-state index contributed by atoms with van der Waals surface area (Å²) in [5.74, 6) is -1.15. The van der Waals surface area contributed by atoms with Crippen LogP contribution in [0.2, 0.25) is 0 Å². The standard InChI is InChI=1S/C10H13BrN2O5S/c1-18-5-4-12-19(16,17)13-7-2-3-9(11)8(6-7)10(14)15/h2-3,6,12-13H,4-5H2,1H3,(H,14,15). The molecule has 1 aromatic rings. The van der Waals surface area contributed by atoms with E-state index in [2.05, 4.69) is 25.4 Å². The van der Waals surface area contributed by atoms with Gasteiger partial charge < -0.3 is 9.84 Å². The Morgan fingerprint density at radius 2 is 2.16 bits per heavy atom. The van der Waals surface area contributed by atoms with E-state index in [0.29, 0.717) is 4.47 Å². The number of benzene rings is 1. The van der Waals surface area contributed by atoms with Crippen LogP contribution in [0.25, 0.3) is 0 Å². The molecule has 0 spiro atoms. The number of hydrogen-bond acceptors (Lipinski definition) is 4. The monoisotopic (exact) mass is 352 g/mol. The first-order chi connectivity index (χ1) is 8.85. The van der Waals surface area contributed by atoms with E-state index in [4.69, 9.17) is 9.84 Å². The highest BCUT2D eigenvalue weighted by Crippen LogP contribution is 2.21. The third-order valence-electron chi connectivity index (χ3n) is 2.05. The highest BCUT2D eigenvalue weighted by atomic mass is 79.9. The first-order valence-corrected chi connectivity index (χ1v) is 7.42. The fourth-order valence-electron chi connectivity index (χ4n) is 1.22. The lowest BCUT2D eigenvalue weighted by molar-refractivity contribution is 0.0696. The fourth-order valence-corrected chi connectivity index (χ4v) is 2.50. The molecule has 1 rings (SSSR count). The van der Waals surface area contributed by atoms with Gasteiger partial charge in [-0.2, -0.15) is 13.1 Å². The van der Waals surface area contributed by atoms with Gasteiger partial charge in [0.2, 0.25) is 0 Å². The van der Waals surface area contributed by atoms with E-state index in [-0.39, 0.29) is 24.4 Å². The van der Waals surface area contributed by atoms with Gasteiger partial charge in [-0.1, -0.05) is 0 Å². The lowest BCUT2D eigenvalue weighted by Crippen LogP contribution is -2.32. The molecule has 9 heteroatoms. The van der Waals surface area contributed by atoms with E-state index >= 15 is 0 Å². The number of rotatable bonds is 7. The van der Waals surface area contributed by atoms with Crippen LogP contribution >= 0.6 is 15.9 Å². The van der Waals surface area contributed by atoms with Crippen LogP contribution in [-0.4, -0.2) is 39.8 Å². The Morgan fingerprint density at radius 3 is 2.74 bits per heavy atom. The summed E-state index contributed by atoms with van der Waals surface area (Å²) in [5.41, 5.74) is 0.127. The fraction of sp³-hybridized carbons (Fsp3) is 0.300. The molecular weight excluding hydrogens is 340 g/mol. The van der Waals surface area contributed by atoms with E-state index in [1.165, 1.54) is 25.3 Å². The van der Waals surface area contributed by atoms with Crippen molar-refractivity contribution in [1.82, 2.24) is 4.72 Å². The maximum Gasteiger partial charge on any atom is 0.336 e. The predicted octanol–water partition coefficient (Wildman–Crippen LogP) is 1.04. The maximum atomic E-state index is 11.6. The summed E-state index contributed by atoms with van der Waals surface area (Å²) in [5, 5.41) is 8.92. The molecular formula is C10H13BrN2O5S. The van der Waals surface area contributed by atoms with Crippen LogP contribution in [-0.2, 0) is 14.9 Å². The van der Waals surface area contributed by atoms with Crippen LogP contribution in [0.3, 0.4) is 0 Å². The zero-order chi connectivity index (χ0) is 14.5. The Labute approximate surface area is 119 Å². The molecule has 1 aromatic carbocycles. The third kappa shape index (κ3) is 5.15. The second-order valence-corrected chi connectivity index (χ2v) is 5.85. The number of carboxylic acids is 1. The summed E-state index contributed by atoms with van der Waals surface area (Å²) in [6.07, 6.45) is 0. The van der Waals surface area contributed by atoms with Crippen molar-refractivity contribution in [2.45, 2.75) is 0 Å². The predicted molar refractivity (Wildman–Crippen MR) is 73.5 cm³/mol. The Kier molecular flexibility index (Phi) is 5.73. The van der Waals surface area contributed by atoms with Gasteiger partial charge in [-0.05, 0) is 34.1 Å². The molecule has 0 fully saturated rings. The van der Waals surface area contributed by atoms with Gasteiger partial charge in [-0.25, -0.2) is 4.79 Å². The van der Waals surface area contributed by atoms with E-state index < -0.39 is 16.2 Å². The van der Waals surface area contributed by atoms with Gasteiger partial charge in [0.25, 0.3) is 10.2 Å². The van der Waals surface area contributed by atoms with Gasteiger partial charge in [-0.15, -0.1) is 0 Å². The number of carboxylic acid groups (broad SMARTS) is 1. The Morgan fingerprint density at radius 1 is 1.47 bits per heavy atom. The van der Waals surface area contributed by atoms with Gasteiger partial charge in [0.1, 0.15) is 0 Å². The van der Waals surface area contributed by atoms with Gasteiger partial charge in [-0.3, -0.25) is 4.72 Å². The normalized spacial score (nSPS) is 11.3. The maximum absolute atomic E-state index is 11.6. The average Bonchev–Trinajstić information content (AvgIpc) is 2.31. The smallest absolute Gasteiger partial charge is 0.336 e. The molecule has 19 heavy (non-hydrogen) atoms. The molecule has 0 heterocycles. The molecule has 0 amide bonds. The molecule has 0 bridgehead atoms. The van der Waals surface area contributed by atoms with Crippen molar-refractivity contribution in [3.05, 3.63) is 28.2 Å². The van der Waals surface area contributed by atoms with Crippen LogP contribution < -0.4 is 9.44 Å². The topological polar surface area (TPSA) is 105 Å². The van der Waals surface area contributed by atoms with Gasteiger partial charge in [0, 0.05) is 18.1 Å². The van der Waals surface area contributed by atoms with Gasteiger partial charge >= 0.3 is 5.97 Å². The molecule has 0 saturated heterocycles. The van der Waals surface area contributed by atoms with Crippen molar-refractivity contribution in [3.8, 4) is 0 Å². The van der Waals surface area contributed by atoms with Crippen molar-refractivity contribution in [2.24, 2.45) is 0 Å². The molecule has 106 valence electrons. The summed E-state index contributed by atoms with van der Waals surface area (Å²) in [6.45, 7) is 0.357. The van der Waals surface area contributed by atoms with Crippen molar-refractivity contribution < 1.29 is 23.1 Å². The van der Waals surface area contributed by atoms with E-state index in [1.807, 2.05) is 0 Å². The van der Waals surface area contributed by atoms with E-state index in [0.717, 1.165) is 0 Å². The Hall–Kier alpha value is -1.16. The largest absolute Gasteiger partial charge is 0.478 e. The highest BCUT2D eigenvalue weighted by molar-refractivity contribution is 9.10. The average molecular weight is 353 g/mol. The highest BCUT2D eigenvalue weighted by Gasteiger charge is 2.13. The second-order valence-electron chi connectivity index (χ2n) is 3.49. The zero-order valence-corrected chi connectivity index (χ0v) is 12.4. The Balaban J connectivity index is 2.82.